The fourth-order valence-corrected chi connectivity index (χ4v) is 8.98. The van der Waals surface area contributed by atoms with Gasteiger partial charge in [0, 0.05) is 42.1 Å². The fraction of sp³-hybridized carbons (Fsp3) is 0. The Kier molecular flexibility index (Phi) is 7.64. The monoisotopic (exact) mass is 733 g/mol. The second-order valence-electron chi connectivity index (χ2n) is 14.0. The molecule has 0 saturated heterocycles. The molecule has 56 heavy (non-hydrogen) atoms. The first-order valence-electron chi connectivity index (χ1n) is 18.7. The normalized spacial score (nSPS) is 11.6. The molecule has 0 N–H and O–H groups in total. The first-order valence-corrected chi connectivity index (χ1v) is 19.5. The van der Waals surface area contributed by atoms with Gasteiger partial charge in [0.05, 0.1) is 5.56 Å². The standard InChI is InChI=1S/C51H31N3OS/c1-4-13-32(14-5-1)34-23-25-36(26-24-34)50-52-49(35-17-8-3-9-18-35)53-51(54-50)42-21-12-20-40-39-28-27-37(30-44(39)55-48(40)42)43-29-38(33-15-6-2-7-16-33)31-46-47(43)41-19-10-11-22-45(41)56-46/h1-31H. The minimum Gasteiger partial charge on any atom is -0.455 e. The summed E-state index contributed by atoms with van der Waals surface area (Å²) >= 11 is 1.84. The van der Waals surface area contributed by atoms with Gasteiger partial charge in [-0.25, -0.2) is 15.0 Å². The van der Waals surface area contributed by atoms with E-state index in [0.717, 1.165) is 55.3 Å². The number of benzene rings is 8. The predicted molar refractivity (Wildman–Crippen MR) is 233 cm³/mol. The SMILES string of the molecule is c1ccc(-c2ccc(-c3nc(-c4ccccc4)nc(-c4cccc5c4oc4cc(-c6cc(-c7ccccc7)cc7sc8ccccc8c67)ccc45)n3)cc2)cc1. The number of thiophene rings is 1. The summed E-state index contributed by atoms with van der Waals surface area (Å²) in [6, 6.07) is 65.7. The maximum Gasteiger partial charge on any atom is 0.167 e. The molecule has 0 aliphatic rings. The Morgan fingerprint density at radius 2 is 0.893 bits per heavy atom. The van der Waals surface area contributed by atoms with Crippen molar-refractivity contribution in [1.29, 1.82) is 0 Å². The van der Waals surface area contributed by atoms with E-state index >= 15 is 0 Å². The molecule has 11 aromatic rings. The number of fused-ring (bicyclic) bond motifs is 6. The lowest BCUT2D eigenvalue weighted by molar-refractivity contribution is 0.669. The number of hydrogen-bond acceptors (Lipinski definition) is 5. The smallest absolute Gasteiger partial charge is 0.167 e. The quantitative estimate of drug-likeness (QED) is 0.171. The number of para-hydroxylation sites is 1. The van der Waals surface area contributed by atoms with Crippen LogP contribution < -0.4 is 0 Å². The molecule has 4 nitrogen and oxygen atoms in total. The maximum atomic E-state index is 6.85. The Morgan fingerprint density at radius 1 is 0.339 bits per heavy atom. The molecular formula is C51H31N3OS. The number of rotatable bonds is 6. The van der Waals surface area contributed by atoms with Crippen LogP contribution >= 0.6 is 11.3 Å². The third-order valence-electron chi connectivity index (χ3n) is 10.6. The van der Waals surface area contributed by atoms with Crippen molar-refractivity contribution in [2.75, 3.05) is 0 Å². The summed E-state index contributed by atoms with van der Waals surface area (Å²) in [4.78, 5) is 15.2. The van der Waals surface area contributed by atoms with Crippen molar-refractivity contribution in [1.82, 2.24) is 15.0 Å². The van der Waals surface area contributed by atoms with Gasteiger partial charge < -0.3 is 4.42 Å². The van der Waals surface area contributed by atoms with E-state index in [1.165, 1.54) is 36.9 Å². The average molecular weight is 734 g/mol. The number of nitrogens with zero attached hydrogens (tertiary/aromatic N) is 3. The van der Waals surface area contributed by atoms with Gasteiger partial charge in [-0.15, -0.1) is 11.3 Å². The van der Waals surface area contributed by atoms with E-state index in [4.69, 9.17) is 19.4 Å². The van der Waals surface area contributed by atoms with Crippen LogP contribution in [0.1, 0.15) is 0 Å². The van der Waals surface area contributed by atoms with E-state index in [2.05, 4.69) is 146 Å². The Hall–Kier alpha value is -7.21. The van der Waals surface area contributed by atoms with Gasteiger partial charge >= 0.3 is 0 Å². The van der Waals surface area contributed by atoms with E-state index < -0.39 is 0 Å². The lowest BCUT2D eigenvalue weighted by atomic mass is 9.94. The molecule has 0 radical (unpaired) electrons. The molecule has 0 fully saturated rings. The van der Waals surface area contributed by atoms with Crippen LogP contribution in [0.3, 0.4) is 0 Å². The minimum absolute atomic E-state index is 0.563. The van der Waals surface area contributed by atoms with Gasteiger partial charge in [0.1, 0.15) is 11.2 Å². The Labute approximate surface area is 327 Å². The van der Waals surface area contributed by atoms with Crippen LogP contribution in [0.2, 0.25) is 0 Å². The van der Waals surface area contributed by atoms with Gasteiger partial charge in [-0.3, -0.25) is 0 Å². The third kappa shape index (κ3) is 5.56. The van der Waals surface area contributed by atoms with Gasteiger partial charge in [0.15, 0.2) is 17.5 Å². The molecule has 0 spiro atoms. The van der Waals surface area contributed by atoms with Crippen molar-refractivity contribution in [2.45, 2.75) is 0 Å². The van der Waals surface area contributed by atoms with Crippen LogP contribution in [0, 0.1) is 0 Å². The molecule has 0 unspecified atom stereocenters. The average Bonchev–Trinajstić information content (AvgIpc) is 3.85. The predicted octanol–water partition coefficient (Wildman–Crippen LogP) is 14.1. The summed E-state index contributed by atoms with van der Waals surface area (Å²) in [6.07, 6.45) is 0. The second kappa shape index (κ2) is 13.3. The van der Waals surface area contributed by atoms with Gasteiger partial charge in [0.25, 0.3) is 0 Å². The number of aromatic nitrogens is 3. The summed E-state index contributed by atoms with van der Waals surface area (Å²) in [5.74, 6) is 1.78. The topological polar surface area (TPSA) is 51.8 Å². The highest BCUT2D eigenvalue weighted by atomic mass is 32.1. The highest BCUT2D eigenvalue weighted by Gasteiger charge is 2.20. The highest BCUT2D eigenvalue weighted by molar-refractivity contribution is 7.26. The van der Waals surface area contributed by atoms with E-state index in [0.29, 0.717) is 17.5 Å². The van der Waals surface area contributed by atoms with Crippen LogP contribution in [0.5, 0.6) is 0 Å². The van der Waals surface area contributed by atoms with Crippen molar-refractivity contribution in [2.24, 2.45) is 0 Å². The molecule has 262 valence electrons. The largest absolute Gasteiger partial charge is 0.455 e. The first-order chi connectivity index (χ1) is 27.7. The molecule has 0 aliphatic carbocycles. The molecule has 0 bridgehead atoms. The van der Waals surface area contributed by atoms with E-state index in [9.17, 15) is 0 Å². The Balaban J connectivity index is 1.07. The molecule has 0 aliphatic heterocycles. The van der Waals surface area contributed by atoms with Gasteiger partial charge in [-0.1, -0.05) is 152 Å². The molecule has 0 saturated carbocycles. The van der Waals surface area contributed by atoms with Gasteiger partial charge in [0.2, 0.25) is 0 Å². The first kappa shape index (κ1) is 32.2. The van der Waals surface area contributed by atoms with E-state index in [1.54, 1.807) is 0 Å². The molecular weight excluding hydrogens is 703 g/mol. The second-order valence-corrected chi connectivity index (χ2v) is 15.1. The molecule has 11 rings (SSSR count). The number of furan rings is 1. The zero-order valence-corrected chi connectivity index (χ0v) is 30.9. The molecule has 5 heteroatoms. The van der Waals surface area contributed by atoms with Crippen LogP contribution in [0.25, 0.3) is 110 Å². The Morgan fingerprint density at radius 3 is 1.62 bits per heavy atom. The van der Waals surface area contributed by atoms with E-state index in [1.807, 2.05) is 53.8 Å². The summed E-state index contributed by atoms with van der Waals surface area (Å²) in [5, 5.41) is 4.60. The van der Waals surface area contributed by atoms with Crippen LogP contribution in [0.4, 0.5) is 0 Å². The zero-order valence-electron chi connectivity index (χ0n) is 30.1. The Bertz CT molecular complexity index is 3230. The fourth-order valence-electron chi connectivity index (χ4n) is 7.81. The van der Waals surface area contributed by atoms with E-state index in [-0.39, 0.29) is 0 Å². The molecule has 3 aromatic heterocycles. The highest BCUT2D eigenvalue weighted by Crippen LogP contribution is 2.44. The van der Waals surface area contributed by atoms with Crippen molar-refractivity contribution < 1.29 is 4.42 Å². The lowest BCUT2D eigenvalue weighted by Crippen LogP contribution is -2.00. The van der Waals surface area contributed by atoms with Crippen LogP contribution in [-0.4, -0.2) is 15.0 Å². The lowest BCUT2D eigenvalue weighted by Gasteiger charge is -2.10. The summed E-state index contributed by atoms with van der Waals surface area (Å²) < 4.78 is 9.40. The van der Waals surface area contributed by atoms with Crippen molar-refractivity contribution >= 4 is 53.4 Å². The summed E-state index contributed by atoms with van der Waals surface area (Å²) in [7, 11) is 0. The zero-order chi connectivity index (χ0) is 37.0. The van der Waals surface area contributed by atoms with Crippen LogP contribution in [0.15, 0.2) is 192 Å². The van der Waals surface area contributed by atoms with Crippen LogP contribution in [-0.2, 0) is 0 Å². The molecule has 3 heterocycles. The summed E-state index contributed by atoms with van der Waals surface area (Å²) in [5.41, 5.74) is 11.2. The van der Waals surface area contributed by atoms with Gasteiger partial charge in [-0.2, -0.15) is 0 Å². The molecule has 0 atom stereocenters. The molecule has 8 aromatic carbocycles. The molecule has 0 amide bonds. The van der Waals surface area contributed by atoms with Crippen molar-refractivity contribution in [3.05, 3.63) is 188 Å². The maximum absolute atomic E-state index is 6.85. The minimum atomic E-state index is 0.563. The summed E-state index contributed by atoms with van der Waals surface area (Å²) in [6.45, 7) is 0. The van der Waals surface area contributed by atoms with Crippen molar-refractivity contribution in [3.63, 3.8) is 0 Å². The van der Waals surface area contributed by atoms with Gasteiger partial charge in [-0.05, 0) is 69.8 Å². The van der Waals surface area contributed by atoms with Crippen molar-refractivity contribution in [3.8, 4) is 67.5 Å². The third-order valence-corrected chi connectivity index (χ3v) is 11.7. The number of hydrogen-bond donors (Lipinski definition) is 0.